The van der Waals surface area contributed by atoms with Crippen LogP contribution in [0.4, 0.5) is 17.1 Å². The molecular weight excluding hydrogens is 671 g/mol. The Bertz CT molecular complexity index is 3150. The summed E-state index contributed by atoms with van der Waals surface area (Å²) in [7, 11) is 0. The minimum absolute atomic E-state index is 0.871. The van der Waals surface area contributed by atoms with Crippen molar-refractivity contribution < 1.29 is 4.42 Å². The topological polar surface area (TPSA) is 16.4 Å². The van der Waals surface area contributed by atoms with Crippen molar-refractivity contribution in [1.29, 1.82) is 0 Å². The normalized spacial score (nSPS) is 11.8. The zero-order valence-electron chi connectivity index (χ0n) is 27.9. The first-order valence-electron chi connectivity index (χ1n) is 17.5. The number of anilines is 3. The quantitative estimate of drug-likeness (QED) is 0.178. The zero-order chi connectivity index (χ0) is 34.2. The van der Waals surface area contributed by atoms with E-state index in [-0.39, 0.29) is 0 Å². The van der Waals surface area contributed by atoms with E-state index in [1.807, 2.05) is 22.7 Å². The number of thiophene rings is 2. The zero-order valence-corrected chi connectivity index (χ0v) is 29.5. The molecule has 3 heterocycles. The van der Waals surface area contributed by atoms with Crippen molar-refractivity contribution in [1.82, 2.24) is 0 Å². The fourth-order valence-electron chi connectivity index (χ4n) is 7.97. The Morgan fingerprint density at radius 3 is 1.85 bits per heavy atom. The van der Waals surface area contributed by atoms with Gasteiger partial charge < -0.3 is 9.32 Å². The average molecular weight is 700 g/mol. The fraction of sp³-hybridized carbons (Fsp3) is 0. The third-order valence-corrected chi connectivity index (χ3v) is 12.6. The van der Waals surface area contributed by atoms with Gasteiger partial charge in [0.25, 0.3) is 0 Å². The molecule has 4 heteroatoms. The number of nitrogens with zero attached hydrogens (tertiary/aromatic N) is 1. The molecule has 0 N–H and O–H groups in total. The molecule has 0 amide bonds. The van der Waals surface area contributed by atoms with Crippen LogP contribution in [0.3, 0.4) is 0 Å². The van der Waals surface area contributed by atoms with Gasteiger partial charge >= 0.3 is 0 Å². The maximum absolute atomic E-state index is 7.04. The summed E-state index contributed by atoms with van der Waals surface area (Å²) in [4.78, 5) is 2.42. The van der Waals surface area contributed by atoms with Gasteiger partial charge in [-0.3, -0.25) is 0 Å². The number of fused-ring (bicyclic) bond motifs is 9. The van der Waals surface area contributed by atoms with Gasteiger partial charge in [0.1, 0.15) is 5.58 Å². The van der Waals surface area contributed by atoms with Gasteiger partial charge in [0.15, 0.2) is 5.58 Å². The Kier molecular flexibility index (Phi) is 6.63. The van der Waals surface area contributed by atoms with Crippen molar-refractivity contribution >= 4 is 102 Å². The van der Waals surface area contributed by atoms with Crippen LogP contribution >= 0.6 is 22.7 Å². The second-order valence-electron chi connectivity index (χ2n) is 13.2. The van der Waals surface area contributed by atoms with Gasteiger partial charge in [-0.1, -0.05) is 133 Å². The van der Waals surface area contributed by atoms with Crippen molar-refractivity contribution in [3.8, 4) is 22.3 Å². The number of furan rings is 1. The Labute approximate surface area is 308 Å². The van der Waals surface area contributed by atoms with E-state index < -0.39 is 0 Å². The minimum Gasteiger partial charge on any atom is -0.453 e. The highest BCUT2D eigenvalue weighted by Gasteiger charge is 2.24. The molecule has 0 fully saturated rings. The summed E-state index contributed by atoms with van der Waals surface area (Å²) in [5.41, 5.74) is 9.65. The Hall–Kier alpha value is -6.20. The van der Waals surface area contributed by atoms with E-state index in [1.54, 1.807) is 0 Å². The van der Waals surface area contributed by atoms with Crippen molar-refractivity contribution in [2.24, 2.45) is 0 Å². The van der Waals surface area contributed by atoms with Gasteiger partial charge in [0.2, 0.25) is 0 Å². The van der Waals surface area contributed by atoms with Crippen molar-refractivity contribution in [3.63, 3.8) is 0 Å². The van der Waals surface area contributed by atoms with Crippen LogP contribution < -0.4 is 4.90 Å². The number of benzene rings is 8. The Balaban J connectivity index is 1.19. The molecule has 0 saturated heterocycles. The predicted octanol–water partition coefficient (Wildman–Crippen LogP) is 15.1. The summed E-state index contributed by atoms with van der Waals surface area (Å²) in [5.74, 6) is 0. The van der Waals surface area contributed by atoms with Gasteiger partial charge in [0.05, 0.1) is 16.1 Å². The number of rotatable bonds is 5. The van der Waals surface area contributed by atoms with Crippen molar-refractivity contribution in [2.75, 3.05) is 4.90 Å². The SMILES string of the molecule is c1ccc(-c2cccc3c2oc2c(N(c4cccc(-c5cccc6sc7ccccc7c56)c4)c4cccc5c4sc4ccccc45)cccc23)cc1. The first kappa shape index (κ1) is 29.5. The van der Waals surface area contributed by atoms with E-state index in [9.17, 15) is 0 Å². The number of hydrogen-bond acceptors (Lipinski definition) is 4. The van der Waals surface area contributed by atoms with Crippen molar-refractivity contribution in [3.05, 3.63) is 176 Å². The van der Waals surface area contributed by atoms with Crippen LogP contribution in [0.25, 0.3) is 84.5 Å². The molecule has 0 atom stereocenters. The van der Waals surface area contributed by atoms with Gasteiger partial charge in [-0.05, 0) is 59.2 Å². The molecule has 11 aromatic rings. The fourth-order valence-corrected chi connectivity index (χ4v) is 10.3. The molecule has 0 unspecified atom stereocenters. The van der Waals surface area contributed by atoms with E-state index in [4.69, 9.17) is 4.42 Å². The molecule has 0 aliphatic heterocycles. The molecule has 0 aliphatic carbocycles. The van der Waals surface area contributed by atoms with Crippen LogP contribution in [0.2, 0.25) is 0 Å². The van der Waals surface area contributed by atoms with E-state index in [0.29, 0.717) is 0 Å². The summed E-state index contributed by atoms with van der Waals surface area (Å²) in [6, 6.07) is 63.5. The molecule has 0 spiro atoms. The minimum atomic E-state index is 0.871. The maximum Gasteiger partial charge on any atom is 0.159 e. The summed E-state index contributed by atoms with van der Waals surface area (Å²) in [5, 5.41) is 7.37. The highest BCUT2D eigenvalue weighted by molar-refractivity contribution is 7.26. The lowest BCUT2D eigenvalue weighted by molar-refractivity contribution is 0.670. The molecule has 2 nitrogen and oxygen atoms in total. The number of para-hydroxylation sites is 2. The van der Waals surface area contributed by atoms with Crippen LogP contribution in [-0.2, 0) is 0 Å². The van der Waals surface area contributed by atoms with Crippen LogP contribution in [0.15, 0.2) is 180 Å². The second kappa shape index (κ2) is 11.7. The lowest BCUT2D eigenvalue weighted by Crippen LogP contribution is -2.10. The maximum atomic E-state index is 7.04. The first-order chi connectivity index (χ1) is 25.8. The van der Waals surface area contributed by atoms with E-state index in [2.05, 4.69) is 181 Å². The molecule has 52 heavy (non-hydrogen) atoms. The monoisotopic (exact) mass is 699 g/mol. The lowest BCUT2D eigenvalue weighted by atomic mass is 9.98. The Morgan fingerprint density at radius 2 is 0.981 bits per heavy atom. The van der Waals surface area contributed by atoms with Gasteiger partial charge in [0, 0.05) is 57.7 Å². The highest BCUT2D eigenvalue weighted by atomic mass is 32.1. The van der Waals surface area contributed by atoms with Crippen molar-refractivity contribution in [2.45, 2.75) is 0 Å². The van der Waals surface area contributed by atoms with E-state index >= 15 is 0 Å². The molecule has 244 valence electrons. The summed E-state index contributed by atoms with van der Waals surface area (Å²) >= 11 is 3.71. The highest BCUT2D eigenvalue weighted by Crippen LogP contribution is 2.49. The van der Waals surface area contributed by atoms with Crippen LogP contribution in [0.1, 0.15) is 0 Å². The van der Waals surface area contributed by atoms with Crippen LogP contribution in [0, 0.1) is 0 Å². The third kappa shape index (κ3) is 4.48. The smallest absolute Gasteiger partial charge is 0.159 e. The van der Waals surface area contributed by atoms with Gasteiger partial charge in [-0.15, -0.1) is 22.7 Å². The molecule has 0 bridgehead atoms. The molecule has 3 aromatic heterocycles. The molecule has 8 aromatic carbocycles. The lowest BCUT2D eigenvalue weighted by Gasteiger charge is -2.26. The first-order valence-corrected chi connectivity index (χ1v) is 19.1. The molecule has 0 radical (unpaired) electrons. The second-order valence-corrected chi connectivity index (χ2v) is 15.4. The predicted molar refractivity (Wildman–Crippen MR) is 225 cm³/mol. The molecule has 0 saturated carbocycles. The van der Waals surface area contributed by atoms with Crippen LogP contribution in [-0.4, -0.2) is 0 Å². The van der Waals surface area contributed by atoms with Crippen LogP contribution in [0.5, 0.6) is 0 Å². The summed E-state index contributed by atoms with van der Waals surface area (Å²) < 4.78 is 12.2. The number of hydrogen-bond donors (Lipinski definition) is 0. The Morgan fingerprint density at radius 1 is 0.385 bits per heavy atom. The van der Waals surface area contributed by atoms with E-state index in [0.717, 1.165) is 50.1 Å². The average Bonchev–Trinajstić information content (AvgIpc) is 3.91. The molecular formula is C48H29NOS2. The summed E-state index contributed by atoms with van der Waals surface area (Å²) in [6.07, 6.45) is 0. The molecule has 0 aliphatic rings. The molecule has 11 rings (SSSR count). The standard InChI is InChI=1S/C48H29NOS2/c1-2-13-30(14-3-1)34-20-9-21-36-37-22-10-24-40(47(37)50-46(34)36)49(41-25-11-23-38-35-17-4-6-26-42(35)52-48(38)41)32-16-8-15-31(29-32)33-19-12-28-44-45(33)39-18-5-7-27-43(39)51-44/h1-29H. The van der Waals surface area contributed by atoms with E-state index in [1.165, 1.54) is 51.5 Å². The third-order valence-electron chi connectivity index (χ3n) is 10.3. The summed E-state index contributed by atoms with van der Waals surface area (Å²) in [6.45, 7) is 0. The van der Waals surface area contributed by atoms with Gasteiger partial charge in [-0.25, -0.2) is 0 Å². The van der Waals surface area contributed by atoms with Gasteiger partial charge in [-0.2, -0.15) is 0 Å². The largest absolute Gasteiger partial charge is 0.453 e.